The standard InChI is InChI=1S/C49H29NO3/c1-2-14-30(15-3-1)50(41-24-12-20-35-34-19-7-11-26-43(34)52-47(35)41)42-25-13-27-44-48(42)53-45-28-36-33-18-6-10-23-39(33)49(40(36)29-46(45)51-44)37-21-8-4-16-31(37)32-17-5-9-22-38(32)49/h1-29H. The highest BCUT2D eigenvalue weighted by Gasteiger charge is 2.52. The van der Waals surface area contributed by atoms with Crippen LogP contribution in [0.5, 0.6) is 23.0 Å². The fourth-order valence-corrected chi connectivity index (χ4v) is 9.24. The largest absolute Gasteiger partial charge is 0.454 e. The average molecular weight is 680 g/mol. The van der Waals surface area contributed by atoms with Gasteiger partial charge >= 0.3 is 0 Å². The molecular formula is C49H29NO3. The molecule has 4 heteroatoms. The first-order valence-electron chi connectivity index (χ1n) is 18.0. The third-order valence-corrected chi connectivity index (χ3v) is 11.3. The van der Waals surface area contributed by atoms with Crippen molar-refractivity contribution in [2.45, 2.75) is 5.41 Å². The van der Waals surface area contributed by atoms with Gasteiger partial charge in [-0.25, -0.2) is 0 Å². The highest BCUT2D eigenvalue weighted by atomic mass is 16.6. The normalized spacial score (nSPS) is 13.7. The summed E-state index contributed by atoms with van der Waals surface area (Å²) >= 11 is 0. The monoisotopic (exact) mass is 679 g/mol. The van der Waals surface area contributed by atoms with E-state index in [9.17, 15) is 0 Å². The Bertz CT molecular complexity index is 2930. The highest BCUT2D eigenvalue weighted by molar-refractivity contribution is 6.10. The number of ether oxygens (including phenoxy) is 2. The van der Waals surface area contributed by atoms with Crippen LogP contribution >= 0.6 is 0 Å². The minimum Gasteiger partial charge on any atom is -0.454 e. The molecule has 0 saturated heterocycles. The summed E-state index contributed by atoms with van der Waals surface area (Å²) in [6.45, 7) is 0. The van der Waals surface area contributed by atoms with Gasteiger partial charge in [0.2, 0.25) is 0 Å². The number of para-hydroxylation sites is 4. The van der Waals surface area contributed by atoms with Gasteiger partial charge in [0.1, 0.15) is 5.58 Å². The Hall–Kier alpha value is -7.04. The topological polar surface area (TPSA) is 34.8 Å². The number of rotatable bonds is 3. The number of anilines is 3. The van der Waals surface area contributed by atoms with Crippen LogP contribution in [0.3, 0.4) is 0 Å². The van der Waals surface area contributed by atoms with Crippen molar-refractivity contribution in [3.05, 3.63) is 198 Å². The Labute approximate surface area is 305 Å². The van der Waals surface area contributed by atoms with E-state index in [1.54, 1.807) is 0 Å². The minimum atomic E-state index is -0.463. The van der Waals surface area contributed by atoms with Crippen molar-refractivity contribution < 1.29 is 13.9 Å². The zero-order chi connectivity index (χ0) is 34.7. The summed E-state index contributed by atoms with van der Waals surface area (Å²) in [4.78, 5) is 2.21. The quantitative estimate of drug-likeness (QED) is 0.186. The molecule has 0 saturated carbocycles. The molecule has 9 aromatic rings. The predicted octanol–water partition coefficient (Wildman–Crippen LogP) is 13.3. The van der Waals surface area contributed by atoms with E-state index < -0.39 is 5.41 Å². The maximum absolute atomic E-state index is 7.04. The molecule has 0 unspecified atom stereocenters. The first-order valence-corrected chi connectivity index (χ1v) is 18.0. The van der Waals surface area contributed by atoms with E-state index in [0.717, 1.165) is 44.6 Å². The van der Waals surface area contributed by atoms with Crippen LogP contribution < -0.4 is 14.4 Å². The first kappa shape index (κ1) is 28.6. The van der Waals surface area contributed by atoms with Crippen molar-refractivity contribution in [1.29, 1.82) is 0 Å². The number of nitrogens with zero attached hydrogens (tertiary/aromatic N) is 1. The smallest absolute Gasteiger partial charge is 0.194 e. The second-order valence-electron chi connectivity index (χ2n) is 14.0. The van der Waals surface area contributed by atoms with Gasteiger partial charge in [0.25, 0.3) is 0 Å². The molecule has 0 bridgehead atoms. The number of fused-ring (bicyclic) bond motifs is 15. The lowest BCUT2D eigenvalue weighted by Gasteiger charge is -2.32. The first-order chi connectivity index (χ1) is 26.3. The van der Waals surface area contributed by atoms with Gasteiger partial charge in [-0.05, 0) is 93.0 Å². The van der Waals surface area contributed by atoms with E-state index in [0.29, 0.717) is 23.0 Å². The fraction of sp³-hybridized carbons (Fsp3) is 0.0204. The molecule has 0 N–H and O–H groups in total. The summed E-state index contributed by atoms with van der Waals surface area (Å²) in [5, 5.41) is 2.14. The summed E-state index contributed by atoms with van der Waals surface area (Å²) in [5.74, 6) is 2.69. The maximum Gasteiger partial charge on any atom is 0.194 e. The summed E-state index contributed by atoms with van der Waals surface area (Å²) in [5.41, 5.74) is 13.9. The molecule has 2 heterocycles. The van der Waals surface area contributed by atoms with Gasteiger partial charge in [0.15, 0.2) is 28.6 Å². The maximum atomic E-state index is 7.04. The Balaban J connectivity index is 1.06. The van der Waals surface area contributed by atoms with Crippen molar-refractivity contribution in [1.82, 2.24) is 0 Å². The van der Waals surface area contributed by atoms with Gasteiger partial charge in [-0.1, -0.05) is 127 Å². The second kappa shape index (κ2) is 10.5. The van der Waals surface area contributed by atoms with E-state index in [-0.39, 0.29) is 0 Å². The molecule has 2 aliphatic carbocycles. The third-order valence-electron chi connectivity index (χ3n) is 11.3. The van der Waals surface area contributed by atoms with E-state index in [4.69, 9.17) is 13.9 Å². The molecule has 8 aromatic carbocycles. The zero-order valence-electron chi connectivity index (χ0n) is 28.4. The van der Waals surface area contributed by atoms with Crippen LogP contribution in [0.1, 0.15) is 22.3 Å². The lowest BCUT2D eigenvalue weighted by Crippen LogP contribution is -2.25. The van der Waals surface area contributed by atoms with Crippen LogP contribution in [0.25, 0.3) is 44.2 Å². The predicted molar refractivity (Wildman–Crippen MR) is 211 cm³/mol. The molecule has 1 spiro atoms. The number of furan rings is 1. The molecule has 3 aliphatic rings. The average Bonchev–Trinajstić information content (AvgIpc) is 3.84. The summed E-state index contributed by atoms with van der Waals surface area (Å²) in [6, 6.07) is 61.9. The Morgan fingerprint density at radius 1 is 0.396 bits per heavy atom. The molecule has 0 radical (unpaired) electrons. The molecule has 0 fully saturated rings. The molecule has 0 amide bonds. The Morgan fingerprint density at radius 3 is 1.74 bits per heavy atom. The van der Waals surface area contributed by atoms with Crippen molar-refractivity contribution in [2.24, 2.45) is 0 Å². The van der Waals surface area contributed by atoms with Gasteiger partial charge in [0.05, 0.1) is 16.8 Å². The van der Waals surface area contributed by atoms with Gasteiger partial charge in [0, 0.05) is 16.5 Å². The van der Waals surface area contributed by atoms with Crippen LogP contribution in [0, 0.1) is 0 Å². The molecule has 1 aromatic heterocycles. The van der Waals surface area contributed by atoms with E-state index in [2.05, 4.69) is 150 Å². The molecule has 0 atom stereocenters. The van der Waals surface area contributed by atoms with Crippen molar-refractivity contribution in [2.75, 3.05) is 4.90 Å². The van der Waals surface area contributed by atoms with Crippen molar-refractivity contribution in [3.8, 4) is 45.3 Å². The lowest BCUT2D eigenvalue weighted by molar-refractivity contribution is 0.360. The zero-order valence-corrected chi connectivity index (χ0v) is 28.4. The third kappa shape index (κ3) is 3.74. The molecular weight excluding hydrogens is 651 g/mol. The minimum absolute atomic E-state index is 0.463. The molecule has 1 aliphatic heterocycles. The summed E-state index contributed by atoms with van der Waals surface area (Å²) < 4.78 is 20.5. The van der Waals surface area contributed by atoms with Crippen LogP contribution in [-0.4, -0.2) is 0 Å². The Morgan fingerprint density at radius 2 is 0.981 bits per heavy atom. The summed E-state index contributed by atoms with van der Waals surface area (Å²) in [7, 11) is 0. The van der Waals surface area contributed by atoms with E-state index in [1.165, 1.54) is 38.9 Å². The van der Waals surface area contributed by atoms with Crippen molar-refractivity contribution >= 4 is 39.0 Å². The van der Waals surface area contributed by atoms with Crippen LogP contribution in [0.2, 0.25) is 0 Å². The van der Waals surface area contributed by atoms with Gasteiger partial charge in [-0.3, -0.25) is 0 Å². The Kier molecular flexibility index (Phi) is 5.67. The number of hydrogen-bond acceptors (Lipinski definition) is 4. The molecule has 12 rings (SSSR count). The van der Waals surface area contributed by atoms with Gasteiger partial charge in [-0.15, -0.1) is 0 Å². The van der Waals surface area contributed by atoms with Crippen LogP contribution in [0.4, 0.5) is 17.1 Å². The molecule has 4 nitrogen and oxygen atoms in total. The van der Waals surface area contributed by atoms with Gasteiger partial charge < -0.3 is 18.8 Å². The fourth-order valence-electron chi connectivity index (χ4n) is 9.24. The lowest BCUT2D eigenvalue weighted by atomic mass is 9.70. The van der Waals surface area contributed by atoms with E-state index in [1.807, 2.05) is 30.3 Å². The van der Waals surface area contributed by atoms with E-state index >= 15 is 0 Å². The highest BCUT2D eigenvalue weighted by Crippen LogP contribution is 2.65. The van der Waals surface area contributed by atoms with Gasteiger partial charge in [-0.2, -0.15) is 0 Å². The molecule has 248 valence electrons. The SMILES string of the molecule is c1ccc(N(c2cccc3c2Oc2cc4c(cc2O3)C2(c3ccccc3-c3ccccc32)c2ccccc2-4)c2cccc3c2oc2ccccc23)cc1. The summed E-state index contributed by atoms with van der Waals surface area (Å²) in [6.07, 6.45) is 0. The number of hydrogen-bond donors (Lipinski definition) is 0. The van der Waals surface area contributed by atoms with Crippen LogP contribution in [0.15, 0.2) is 180 Å². The second-order valence-corrected chi connectivity index (χ2v) is 14.0. The van der Waals surface area contributed by atoms with Crippen molar-refractivity contribution in [3.63, 3.8) is 0 Å². The molecule has 53 heavy (non-hydrogen) atoms. The van der Waals surface area contributed by atoms with Crippen LogP contribution in [-0.2, 0) is 5.41 Å². The number of benzene rings is 8.